The number of furan rings is 1. The molecular formula is C21H26N4O5. The summed E-state index contributed by atoms with van der Waals surface area (Å²) in [6.45, 7) is 8.31. The van der Waals surface area contributed by atoms with Crippen molar-refractivity contribution in [2.45, 2.75) is 39.7 Å². The molecule has 2 aromatic rings. The number of esters is 1. The van der Waals surface area contributed by atoms with Crippen molar-refractivity contribution in [3.63, 3.8) is 0 Å². The third kappa shape index (κ3) is 4.05. The molecule has 1 unspecified atom stereocenters. The van der Waals surface area contributed by atoms with Crippen LogP contribution < -0.4 is 0 Å². The predicted octanol–water partition coefficient (Wildman–Crippen LogP) is 2.27. The first-order valence-corrected chi connectivity index (χ1v) is 9.85. The fourth-order valence-corrected chi connectivity index (χ4v) is 3.61. The summed E-state index contributed by atoms with van der Waals surface area (Å²) in [7, 11) is 1.27. The average Bonchev–Trinajstić information content (AvgIpc) is 3.26. The summed E-state index contributed by atoms with van der Waals surface area (Å²) in [6.07, 6.45) is 1.45. The Morgan fingerprint density at radius 3 is 2.50 bits per heavy atom. The van der Waals surface area contributed by atoms with Gasteiger partial charge in [0, 0.05) is 25.7 Å². The molecule has 0 aromatic carbocycles. The van der Waals surface area contributed by atoms with Gasteiger partial charge in [0.05, 0.1) is 19.1 Å². The molecule has 9 nitrogen and oxygen atoms in total. The quantitative estimate of drug-likeness (QED) is 0.707. The van der Waals surface area contributed by atoms with Crippen LogP contribution in [0.25, 0.3) is 0 Å². The van der Waals surface area contributed by atoms with Crippen molar-refractivity contribution in [2.75, 3.05) is 26.7 Å². The maximum atomic E-state index is 13.3. The van der Waals surface area contributed by atoms with Crippen LogP contribution in [0.3, 0.4) is 0 Å². The Labute approximate surface area is 175 Å². The van der Waals surface area contributed by atoms with Crippen molar-refractivity contribution in [3.8, 4) is 0 Å². The molecule has 1 atom stereocenters. The van der Waals surface area contributed by atoms with E-state index in [9.17, 15) is 14.4 Å². The molecule has 1 aliphatic rings. The van der Waals surface area contributed by atoms with Crippen molar-refractivity contribution in [1.29, 1.82) is 0 Å². The highest BCUT2D eigenvalue weighted by Gasteiger charge is 2.35. The maximum absolute atomic E-state index is 13.3. The molecule has 0 saturated carbocycles. The largest absolute Gasteiger partial charge is 0.465 e. The van der Waals surface area contributed by atoms with Gasteiger partial charge < -0.3 is 19.0 Å². The third-order valence-corrected chi connectivity index (χ3v) is 5.10. The van der Waals surface area contributed by atoms with Gasteiger partial charge in [0.25, 0.3) is 11.8 Å². The van der Waals surface area contributed by atoms with Crippen LogP contribution in [0.4, 0.5) is 0 Å². The number of methoxy groups -OCH3 is 1. The Balaban J connectivity index is 1.87. The molecule has 1 fully saturated rings. The van der Waals surface area contributed by atoms with Crippen molar-refractivity contribution >= 4 is 17.8 Å². The average molecular weight is 414 g/mol. The highest BCUT2D eigenvalue weighted by atomic mass is 16.5. The van der Waals surface area contributed by atoms with Crippen LogP contribution >= 0.6 is 0 Å². The van der Waals surface area contributed by atoms with E-state index in [0.717, 1.165) is 0 Å². The number of nitrogens with zero attached hydrogens (tertiary/aromatic N) is 4. The highest BCUT2D eigenvalue weighted by molar-refractivity contribution is 6.04. The molecule has 0 bridgehead atoms. The number of amides is 2. The number of piperazine rings is 1. The monoisotopic (exact) mass is 414 g/mol. The van der Waals surface area contributed by atoms with Crippen molar-refractivity contribution in [1.82, 2.24) is 19.8 Å². The number of carbonyl (C=O) groups is 3. The summed E-state index contributed by atoms with van der Waals surface area (Å²) in [5.41, 5.74) is 0.623. The Bertz CT molecular complexity index is 955. The van der Waals surface area contributed by atoms with E-state index in [1.54, 1.807) is 28.9 Å². The zero-order chi connectivity index (χ0) is 22.0. The van der Waals surface area contributed by atoms with E-state index in [0.29, 0.717) is 31.2 Å². The molecule has 2 aromatic heterocycles. The van der Waals surface area contributed by atoms with Gasteiger partial charge in [0.2, 0.25) is 0 Å². The minimum absolute atomic E-state index is 0.0380. The molecule has 1 saturated heterocycles. The van der Waals surface area contributed by atoms with Gasteiger partial charge in [-0.1, -0.05) is 13.8 Å². The number of hydrogen-bond donors (Lipinski definition) is 0. The van der Waals surface area contributed by atoms with E-state index < -0.39 is 5.97 Å². The van der Waals surface area contributed by atoms with Gasteiger partial charge in [-0.25, -0.2) is 14.8 Å². The van der Waals surface area contributed by atoms with Gasteiger partial charge in [-0.05, 0) is 31.9 Å². The summed E-state index contributed by atoms with van der Waals surface area (Å²) < 4.78 is 10.1. The van der Waals surface area contributed by atoms with Crippen LogP contribution in [-0.2, 0) is 4.74 Å². The molecule has 9 heteroatoms. The van der Waals surface area contributed by atoms with Crippen LogP contribution in [0.5, 0.6) is 0 Å². The first-order valence-electron chi connectivity index (χ1n) is 9.85. The van der Waals surface area contributed by atoms with Gasteiger partial charge in [0.15, 0.2) is 5.76 Å². The van der Waals surface area contributed by atoms with Gasteiger partial charge in [-0.15, -0.1) is 0 Å². The first kappa shape index (κ1) is 21.5. The summed E-state index contributed by atoms with van der Waals surface area (Å²) >= 11 is 0. The van der Waals surface area contributed by atoms with Crippen LogP contribution in [-0.4, -0.2) is 70.3 Å². The number of aromatic nitrogens is 2. The minimum atomic E-state index is -0.637. The van der Waals surface area contributed by atoms with Crippen molar-refractivity contribution < 1.29 is 23.5 Å². The van der Waals surface area contributed by atoms with Crippen LogP contribution in [0.1, 0.15) is 69.6 Å². The standard InChI is InChI=1S/C21H26N4O5/c1-12(2)17-16(21(28)29-5)18(23-14(4)22-17)20(27)24-8-9-25(13(3)11-24)19(26)15-7-6-10-30-15/h6-7,10,12-13H,8-9,11H2,1-5H3. The minimum Gasteiger partial charge on any atom is -0.465 e. The summed E-state index contributed by atoms with van der Waals surface area (Å²) in [4.78, 5) is 50.3. The molecule has 30 heavy (non-hydrogen) atoms. The maximum Gasteiger partial charge on any atom is 0.342 e. The summed E-state index contributed by atoms with van der Waals surface area (Å²) in [6, 6.07) is 3.05. The van der Waals surface area contributed by atoms with E-state index in [2.05, 4.69) is 9.97 Å². The second-order valence-corrected chi connectivity index (χ2v) is 7.60. The zero-order valence-corrected chi connectivity index (χ0v) is 17.8. The lowest BCUT2D eigenvalue weighted by molar-refractivity contribution is 0.0390. The molecule has 0 radical (unpaired) electrons. The van der Waals surface area contributed by atoms with Gasteiger partial charge in [-0.2, -0.15) is 0 Å². The van der Waals surface area contributed by atoms with Crippen LogP contribution in [0.15, 0.2) is 22.8 Å². The molecule has 3 heterocycles. The molecule has 160 valence electrons. The Hall–Kier alpha value is -3.23. The van der Waals surface area contributed by atoms with Crippen molar-refractivity contribution in [2.24, 2.45) is 0 Å². The SMILES string of the molecule is COC(=O)c1c(C(=O)N2CCN(C(=O)c3ccco3)C(C)C2)nc(C)nc1C(C)C. The molecule has 3 rings (SSSR count). The number of rotatable bonds is 4. The fraction of sp³-hybridized carbons (Fsp3) is 0.476. The van der Waals surface area contributed by atoms with E-state index >= 15 is 0 Å². The molecule has 0 N–H and O–H groups in total. The van der Waals surface area contributed by atoms with E-state index in [1.807, 2.05) is 20.8 Å². The van der Waals surface area contributed by atoms with Gasteiger partial charge in [0.1, 0.15) is 17.1 Å². The summed E-state index contributed by atoms with van der Waals surface area (Å²) in [5, 5.41) is 0. The van der Waals surface area contributed by atoms with E-state index in [4.69, 9.17) is 9.15 Å². The molecule has 0 aliphatic carbocycles. The van der Waals surface area contributed by atoms with Crippen molar-refractivity contribution in [3.05, 3.63) is 46.9 Å². The third-order valence-electron chi connectivity index (χ3n) is 5.10. The highest BCUT2D eigenvalue weighted by Crippen LogP contribution is 2.23. The molecule has 2 amide bonds. The smallest absolute Gasteiger partial charge is 0.342 e. The number of hydrogen-bond acceptors (Lipinski definition) is 7. The van der Waals surface area contributed by atoms with E-state index in [-0.39, 0.29) is 40.8 Å². The normalized spacial score (nSPS) is 16.7. The van der Waals surface area contributed by atoms with Crippen LogP contribution in [0, 0.1) is 6.92 Å². The lowest BCUT2D eigenvalue weighted by atomic mass is 10.0. The van der Waals surface area contributed by atoms with Crippen LogP contribution in [0.2, 0.25) is 0 Å². The Morgan fingerprint density at radius 1 is 1.20 bits per heavy atom. The topological polar surface area (TPSA) is 106 Å². The van der Waals surface area contributed by atoms with E-state index in [1.165, 1.54) is 13.4 Å². The zero-order valence-electron chi connectivity index (χ0n) is 17.8. The number of carbonyl (C=O) groups excluding carboxylic acids is 3. The lowest BCUT2D eigenvalue weighted by Gasteiger charge is -2.39. The lowest BCUT2D eigenvalue weighted by Crippen LogP contribution is -2.55. The second kappa shape index (κ2) is 8.64. The Kier molecular flexibility index (Phi) is 6.19. The second-order valence-electron chi connectivity index (χ2n) is 7.60. The molecule has 1 aliphatic heterocycles. The number of aryl methyl sites for hydroxylation is 1. The number of ether oxygens (including phenoxy) is 1. The Morgan fingerprint density at radius 2 is 1.93 bits per heavy atom. The van der Waals surface area contributed by atoms with Gasteiger partial charge >= 0.3 is 5.97 Å². The predicted molar refractivity (Wildman–Crippen MR) is 107 cm³/mol. The summed E-state index contributed by atoms with van der Waals surface area (Å²) in [5.74, 6) is -0.637. The fourth-order valence-electron chi connectivity index (χ4n) is 3.61. The molecule has 0 spiro atoms. The molecular weight excluding hydrogens is 388 g/mol. The van der Waals surface area contributed by atoms with Gasteiger partial charge in [-0.3, -0.25) is 9.59 Å². The first-order chi connectivity index (χ1) is 14.2.